The fourth-order valence-corrected chi connectivity index (χ4v) is 1.87. The number of hydrogen-bond acceptors (Lipinski definition) is 2. The number of rotatable bonds is 3. The summed E-state index contributed by atoms with van der Waals surface area (Å²) in [6.45, 7) is 5.03. The van der Waals surface area contributed by atoms with Gasteiger partial charge in [0.05, 0.1) is 11.6 Å². The highest BCUT2D eigenvalue weighted by atomic mass is 19.1. The van der Waals surface area contributed by atoms with Crippen LogP contribution in [-0.4, -0.2) is 22.7 Å². The zero-order valence-electron chi connectivity index (χ0n) is 13.9. The number of carbonyl (C=O) groups excluding carboxylic acids is 1. The summed E-state index contributed by atoms with van der Waals surface area (Å²) in [5, 5.41) is 12.6. The molecule has 0 unspecified atom stereocenters. The van der Waals surface area contributed by atoms with Gasteiger partial charge in [0.15, 0.2) is 0 Å². The van der Waals surface area contributed by atoms with Gasteiger partial charge in [-0.3, -0.25) is 4.79 Å². The van der Waals surface area contributed by atoms with Crippen molar-refractivity contribution >= 4 is 5.91 Å². The smallest absolute Gasteiger partial charge is 0.251 e. The monoisotopic (exact) mass is 325 g/mol. The first-order valence-electron chi connectivity index (χ1n) is 7.66. The summed E-state index contributed by atoms with van der Waals surface area (Å²) in [6.07, 6.45) is 0. The van der Waals surface area contributed by atoms with Crippen molar-refractivity contribution in [3.8, 4) is 11.8 Å². The predicted molar refractivity (Wildman–Crippen MR) is 92.0 cm³/mol. The molecule has 0 aliphatic rings. The van der Waals surface area contributed by atoms with Gasteiger partial charge >= 0.3 is 0 Å². The average Bonchev–Trinajstić information content (AvgIpc) is 2.52. The fourth-order valence-electron chi connectivity index (χ4n) is 1.87. The van der Waals surface area contributed by atoms with Gasteiger partial charge in [-0.2, -0.15) is 0 Å². The Balaban J connectivity index is 2.07. The van der Waals surface area contributed by atoms with Gasteiger partial charge < -0.3 is 10.4 Å². The first-order valence-corrected chi connectivity index (χ1v) is 7.66. The Morgan fingerprint density at radius 1 is 1.12 bits per heavy atom. The molecule has 2 N–H and O–H groups in total. The Bertz CT molecular complexity index is 780. The van der Waals surface area contributed by atoms with Crippen LogP contribution in [0.1, 0.15) is 42.3 Å². The second-order valence-corrected chi connectivity index (χ2v) is 6.19. The minimum Gasteiger partial charge on any atom is -0.388 e. The van der Waals surface area contributed by atoms with Gasteiger partial charge in [-0.05, 0) is 63.2 Å². The van der Waals surface area contributed by atoms with E-state index in [9.17, 15) is 14.3 Å². The summed E-state index contributed by atoms with van der Waals surface area (Å²) in [5.74, 6) is 5.23. The highest BCUT2D eigenvalue weighted by molar-refractivity contribution is 5.94. The first-order chi connectivity index (χ1) is 11.3. The molecule has 2 aromatic carbocycles. The predicted octanol–water partition coefficient (Wildman–Crippen LogP) is 3.11. The molecule has 4 heteroatoms. The lowest BCUT2D eigenvalue weighted by Gasteiger charge is -2.26. The van der Waals surface area contributed by atoms with Gasteiger partial charge in [-0.15, -0.1) is 0 Å². The molecule has 0 saturated carbocycles. The van der Waals surface area contributed by atoms with Crippen LogP contribution in [0.2, 0.25) is 0 Å². The second-order valence-electron chi connectivity index (χ2n) is 6.19. The van der Waals surface area contributed by atoms with Gasteiger partial charge in [0.25, 0.3) is 5.91 Å². The van der Waals surface area contributed by atoms with Crippen LogP contribution in [0, 0.1) is 17.7 Å². The Morgan fingerprint density at radius 2 is 1.75 bits per heavy atom. The van der Waals surface area contributed by atoms with E-state index >= 15 is 0 Å². The van der Waals surface area contributed by atoms with Crippen LogP contribution >= 0.6 is 0 Å². The third-order valence-electron chi connectivity index (χ3n) is 3.73. The second kappa shape index (κ2) is 7.29. The number of benzene rings is 2. The summed E-state index contributed by atoms with van der Waals surface area (Å²) >= 11 is 0. The molecule has 24 heavy (non-hydrogen) atoms. The maximum Gasteiger partial charge on any atom is 0.251 e. The third-order valence-corrected chi connectivity index (χ3v) is 3.73. The van der Waals surface area contributed by atoms with Crippen LogP contribution in [0.3, 0.4) is 0 Å². The van der Waals surface area contributed by atoms with Gasteiger partial charge in [0.1, 0.15) is 5.82 Å². The van der Waals surface area contributed by atoms with Crippen LogP contribution < -0.4 is 5.32 Å². The van der Waals surface area contributed by atoms with E-state index in [0.29, 0.717) is 11.1 Å². The van der Waals surface area contributed by atoms with Crippen LogP contribution in [0.5, 0.6) is 0 Å². The lowest BCUT2D eigenvalue weighted by molar-refractivity contribution is 0.0409. The highest BCUT2D eigenvalue weighted by Gasteiger charge is 2.24. The Hall–Kier alpha value is -2.64. The summed E-state index contributed by atoms with van der Waals surface area (Å²) in [6, 6.07) is 12.5. The minimum absolute atomic E-state index is 0.255. The number of carbonyl (C=O) groups is 1. The number of amides is 1. The first kappa shape index (κ1) is 17.7. The van der Waals surface area contributed by atoms with Gasteiger partial charge in [-0.1, -0.05) is 17.9 Å². The summed E-state index contributed by atoms with van der Waals surface area (Å²) in [5.41, 5.74) is 0.816. The van der Waals surface area contributed by atoms with Crippen LogP contribution in [-0.2, 0) is 0 Å². The van der Waals surface area contributed by atoms with E-state index < -0.39 is 5.60 Å². The van der Waals surface area contributed by atoms with E-state index in [2.05, 4.69) is 17.2 Å². The normalized spacial score (nSPS) is 12.0. The molecule has 0 radical (unpaired) electrons. The maximum absolute atomic E-state index is 13.1. The van der Waals surface area contributed by atoms with Crippen molar-refractivity contribution in [3.63, 3.8) is 0 Å². The van der Waals surface area contributed by atoms with E-state index in [1.807, 2.05) is 0 Å². The van der Waals surface area contributed by atoms with E-state index in [0.717, 1.165) is 5.56 Å². The summed E-state index contributed by atoms with van der Waals surface area (Å²) in [4.78, 5) is 12.1. The Morgan fingerprint density at radius 3 is 2.33 bits per heavy atom. The standard InChI is InChI=1S/C20H20FNO2/c1-14(20(2,3)24)22-19(23)17-11-9-15(10-12-17)7-8-16-5-4-6-18(21)13-16/h4-6,9-14,24H,1-3H3,(H,22,23)/t14-/m1/s1. The molecule has 0 spiro atoms. The Kier molecular flexibility index (Phi) is 5.38. The van der Waals surface area contributed by atoms with Gasteiger partial charge in [-0.25, -0.2) is 4.39 Å². The molecule has 0 fully saturated rings. The Labute approximate surface area is 141 Å². The molecule has 0 aliphatic heterocycles. The molecule has 2 rings (SSSR count). The van der Waals surface area contributed by atoms with Crippen molar-refractivity contribution < 1.29 is 14.3 Å². The van der Waals surface area contributed by atoms with Crippen LogP contribution in [0.25, 0.3) is 0 Å². The van der Waals surface area contributed by atoms with E-state index in [1.165, 1.54) is 12.1 Å². The lowest BCUT2D eigenvalue weighted by Crippen LogP contribution is -2.47. The van der Waals surface area contributed by atoms with E-state index in [4.69, 9.17) is 0 Å². The molecule has 2 aromatic rings. The van der Waals surface area contributed by atoms with Gasteiger partial charge in [0.2, 0.25) is 0 Å². The minimum atomic E-state index is -0.994. The van der Waals surface area contributed by atoms with Crippen molar-refractivity contribution in [2.75, 3.05) is 0 Å². The van der Waals surface area contributed by atoms with E-state index in [1.54, 1.807) is 57.2 Å². The maximum atomic E-state index is 13.1. The molecular weight excluding hydrogens is 305 g/mol. The molecule has 124 valence electrons. The molecule has 0 saturated heterocycles. The summed E-state index contributed by atoms with van der Waals surface area (Å²) in [7, 11) is 0. The van der Waals surface area contributed by atoms with Crippen LogP contribution in [0.15, 0.2) is 48.5 Å². The van der Waals surface area contributed by atoms with Crippen molar-refractivity contribution in [2.45, 2.75) is 32.4 Å². The molecule has 1 atom stereocenters. The molecule has 0 aromatic heterocycles. The highest BCUT2D eigenvalue weighted by Crippen LogP contribution is 2.10. The average molecular weight is 325 g/mol. The van der Waals surface area contributed by atoms with Gasteiger partial charge in [0, 0.05) is 16.7 Å². The zero-order chi connectivity index (χ0) is 17.7. The van der Waals surface area contributed by atoms with Crippen molar-refractivity contribution in [1.82, 2.24) is 5.32 Å². The van der Waals surface area contributed by atoms with Crippen molar-refractivity contribution in [2.24, 2.45) is 0 Å². The van der Waals surface area contributed by atoms with Crippen molar-refractivity contribution in [3.05, 3.63) is 71.0 Å². The van der Waals surface area contributed by atoms with Crippen molar-refractivity contribution in [1.29, 1.82) is 0 Å². The molecule has 0 aliphatic carbocycles. The van der Waals surface area contributed by atoms with Crippen LogP contribution in [0.4, 0.5) is 4.39 Å². The fraction of sp³-hybridized carbons (Fsp3) is 0.250. The molecule has 3 nitrogen and oxygen atoms in total. The number of nitrogens with one attached hydrogen (secondary N) is 1. The number of hydrogen-bond donors (Lipinski definition) is 2. The molecule has 1 amide bonds. The SMILES string of the molecule is C[C@@H](NC(=O)c1ccc(C#Cc2cccc(F)c2)cc1)C(C)(C)O. The number of aliphatic hydroxyl groups is 1. The molecule has 0 heterocycles. The molecular formula is C20H20FNO2. The third kappa shape index (κ3) is 4.94. The summed E-state index contributed by atoms with van der Waals surface area (Å²) < 4.78 is 13.1. The zero-order valence-corrected chi connectivity index (χ0v) is 13.9. The largest absolute Gasteiger partial charge is 0.388 e. The lowest BCUT2D eigenvalue weighted by atomic mass is 10.0. The number of halogens is 1. The topological polar surface area (TPSA) is 49.3 Å². The van der Waals surface area contributed by atoms with E-state index in [-0.39, 0.29) is 17.8 Å². The molecule has 0 bridgehead atoms. The quantitative estimate of drug-likeness (QED) is 0.852.